The molecule has 1 fully saturated rings. The highest BCUT2D eigenvalue weighted by atomic mass is 32.1. The highest BCUT2D eigenvalue weighted by molar-refractivity contribution is 7.10. The zero-order chi connectivity index (χ0) is 8.60. The first-order valence-electron chi connectivity index (χ1n) is 4.62. The van der Waals surface area contributed by atoms with Crippen molar-refractivity contribution in [3.63, 3.8) is 0 Å². The van der Waals surface area contributed by atoms with E-state index in [1.165, 1.54) is 29.7 Å². The summed E-state index contributed by atoms with van der Waals surface area (Å²) in [6.45, 7) is 2.20. The van der Waals surface area contributed by atoms with Crippen molar-refractivity contribution in [2.24, 2.45) is 5.73 Å². The maximum Gasteiger partial charge on any atom is 0.0506 e. The fourth-order valence-corrected chi connectivity index (χ4v) is 3.01. The largest absolute Gasteiger partial charge is 0.321 e. The van der Waals surface area contributed by atoms with E-state index in [1.54, 1.807) is 0 Å². The zero-order valence-electron chi connectivity index (χ0n) is 7.47. The van der Waals surface area contributed by atoms with Crippen molar-refractivity contribution in [3.8, 4) is 0 Å². The third kappa shape index (κ3) is 1.10. The van der Waals surface area contributed by atoms with E-state index in [9.17, 15) is 0 Å². The standard InChI is InChI=1S/C10H15NS/c1-2-8-4-7-12-9(8)10(11)5-3-6-10/h4,7H,2-3,5-6,11H2,1H3. The fraction of sp³-hybridized carbons (Fsp3) is 0.600. The molecule has 66 valence electrons. The molecule has 0 bridgehead atoms. The van der Waals surface area contributed by atoms with Gasteiger partial charge >= 0.3 is 0 Å². The molecule has 1 aliphatic rings. The van der Waals surface area contributed by atoms with Crippen molar-refractivity contribution < 1.29 is 0 Å². The Kier molecular flexibility index (Phi) is 1.97. The SMILES string of the molecule is CCc1ccsc1C1(N)CCC1. The van der Waals surface area contributed by atoms with Gasteiger partial charge in [-0.05, 0) is 42.7 Å². The molecule has 1 nitrogen and oxygen atoms in total. The molecule has 0 amide bonds. The van der Waals surface area contributed by atoms with Gasteiger partial charge in [0.25, 0.3) is 0 Å². The summed E-state index contributed by atoms with van der Waals surface area (Å²) < 4.78 is 0. The van der Waals surface area contributed by atoms with E-state index in [0.717, 1.165) is 6.42 Å². The van der Waals surface area contributed by atoms with Crippen LogP contribution in [-0.2, 0) is 12.0 Å². The Bertz CT molecular complexity index is 273. The molecular formula is C10H15NS. The van der Waals surface area contributed by atoms with Crippen LogP contribution in [0.3, 0.4) is 0 Å². The summed E-state index contributed by atoms with van der Waals surface area (Å²) in [7, 11) is 0. The summed E-state index contributed by atoms with van der Waals surface area (Å²) >= 11 is 1.83. The van der Waals surface area contributed by atoms with E-state index in [4.69, 9.17) is 5.73 Å². The Morgan fingerprint density at radius 1 is 1.58 bits per heavy atom. The molecule has 0 aromatic carbocycles. The molecule has 2 heteroatoms. The van der Waals surface area contributed by atoms with E-state index in [2.05, 4.69) is 18.4 Å². The van der Waals surface area contributed by atoms with Crippen LogP contribution in [0.5, 0.6) is 0 Å². The predicted molar refractivity (Wildman–Crippen MR) is 53.4 cm³/mol. The van der Waals surface area contributed by atoms with Gasteiger partial charge in [0.15, 0.2) is 0 Å². The zero-order valence-corrected chi connectivity index (χ0v) is 8.29. The first kappa shape index (κ1) is 8.27. The lowest BCUT2D eigenvalue weighted by molar-refractivity contribution is 0.258. The molecule has 1 saturated carbocycles. The minimum atomic E-state index is 0.0551. The van der Waals surface area contributed by atoms with E-state index in [0.29, 0.717) is 0 Å². The van der Waals surface area contributed by atoms with Gasteiger partial charge in [-0.3, -0.25) is 0 Å². The molecule has 1 aliphatic carbocycles. The lowest BCUT2D eigenvalue weighted by Crippen LogP contribution is -2.43. The summed E-state index contributed by atoms with van der Waals surface area (Å²) in [4.78, 5) is 1.44. The van der Waals surface area contributed by atoms with E-state index in [-0.39, 0.29) is 5.54 Å². The Balaban J connectivity index is 2.31. The minimum Gasteiger partial charge on any atom is -0.321 e. The molecule has 0 radical (unpaired) electrons. The summed E-state index contributed by atoms with van der Waals surface area (Å²) in [6, 6.07) is 2.22. The average molecular weight is 181 g/mol. The van der Waals surface area contributed by atoms with Crippen molar-refractivity contribution in [3.05, 3.63) is 21.9 Å². The Morgan fingerprint density at radius 2 is 2.33 bits per heavy atom. The van der Waals surface area contributed by atoms with Crippen molar-refractivity contribution in [2.45, 2.75) is 38.1 Å². The van der Waals surface area contributed by atoms with Gasteiger partial charge in [-0.2, -0.15) is 0 Å². The van der Waals surface area contributed by atoms with E-state index < -0.39 is 0 Å². The van der Waals surface area contributed by atoms with Crippen LogP contribution in [0.1, 0.15) is 36.6 Å². The second kappa shape index (κ2) is 2.86. The highest BCUT2D eigenvalue weighted by Gasteiger charge is 2.36. The van der Waals surface area contributed by atoms with Crippen LogP contribution in [-0.4, -0.2) is 0 Å². The minimum absolute atomic E-state index is 0.0551. The third-order valence-electron chi connectivity index (χ3n) is 2.83. The van der Waals surface area contributed by atoms with Gasteiger partial charge in [-0.1, -0.05) is 6.92 Å². The molecule has 0 unspecified atom stereocenters. The fourth-order valence-electron chi connectivity index (χ4n) is 1.84. The Morgan fingerprint density at radius 3 is 2.83 bits per heavy atom. The van der Waals surface area contributed by atoms with Gasteiger partial charge in [0.1, 0.15) is 0 Å². The smallest absolute Gasteiger partial charge is 0.0506 e. The molecule has 0 spiro atoms. The van der Waals surface area contributed by atoms with Crippen molar-refractivity contribution in [1.29, 1.82) is 0 Å². The van der Waals surface area contributed by atoms with Crippen molar-refractivity contribution in [2.75, 3.05) is 0 Å². The Labute approximate surface area is 77.6 Å². The van der Waals surface area contributed by atoms with Gasteiger partial charge in [-0.15, -0.1) is 11.3 Å². The van der Waals surface area contributed by atoms with Crippen LogP contribution in [0, 0.1) is 0 Å². The molecule has 0 atom stereocenters. The number of rotatable bonds is 2. The van der Waals surface area contributed by atoms with Gasteiger partial charge < -0.3 is 5.73 Å². The monoisotopic (exact) mass is 181 g/mol. The van der Waals surface area contributed by atoms with Crippen LogP contribution in [0.15, 0.2) is 11.4 Å². The molecule has 1 aromatic rings. The van der Waals surface area contributed by atoms with Crippen LogP contribution in [0.25, 0.3) is 0 Å². The molecule has 12 heavy (non-hydrogen) atoms. The first-order chi connectivity index (χ1) is 5.76. The van der Waals surface area contributed by atoms with Gasteiger partial charge in [0.05, 0.1) is 5.54 Å². The summed E-state index contributed by atoms with van der Waals surface area (Å²) in [6.07, 6.45) is 4.79. The number of thiophene rings is 1. The van der Waals surface area contributed by atoms with Crippen LogP contribution in [0.4, 0.5) is 0 Å². The molecule has 2 rings (SSSR count). The molecule has 0 aliphatic heterocycles. The lowest BCUT2D eigenvalue weighted by atomic mass is 9.75. The van der Waals surface area contributed by atoms with Crippen molar-refractivity contribution in [1.82, 2.24) is 0 Å². The lowest BCUT2D eigenvalue weighted by Gasteiger charge is -2.38. The maximum atomic E-state index is 6.26. The molecular weight excluding hydrogens is 166 g/mol. The summed E-state index contributed by atoms with van der Waals surface area (Å²) in [5.74, 6) is 0. The topological polar surface area (TPSA) is 26.0 Å². The van der Waals surface area contributed by atoms with Gasteiger partial charge in [-0.25, -0.2) is 0 Å². The third-order valence-corrected chi connectivity index (χ3v) is 4.00. The second-order valence-electron chi connectivity index (χ2n) is 3.64. The van der Waals surface area contributed by atoms with E-state index in [1.807, 2.05) is 11.3 Å². The summed E-state index contributed by atoms with van der Waals surface area (Å²) in [5.41, 5.74) is 7.77. The van der Waals surface area contributed by atoms with Gasteiger partial charge in [0, 0.05) is 4.88 Å². The van der Waals surface area contributed by atoms with E-state index >= 15 is 0 Å². The average Bonchev–Trinajstić information content (AvgIpc) is 2.47. The van der Waals surface area contributed by atoms with Crippen LogP contribution < -0.4 is 5.73 Å². The summed E-state index contributed by atoms with van der Waals surface area (Å²) in [5, 5.41) is 2.17. The molecule has 2 N–H and O–H groups in total. The quantitative estimate of drug-likeness (QED) is 0.745. The first-order valence-corrected chi connectivity index (χ1v) is 5.50. The highest BCUT2D eigenvalue weighted by Crippen LogP contribution is 2.42. The van der Waals surface area contributed by atoms with Crippen molar-refractivity contribution >= 4 is 11.3 Å². The predicted octanol–water partition coefficient (Wildman–Crippen LogP) is 2.65. The normalized spacial score (nSPS) is 20.5. The van der Waals surface area contributed by atoms with Crippen LogP contribution >= 0.6 is 11.3 Å². The number of hydrogen-bond acceptors (Lipinski definition) is 2. The number of aryl methyl sites for hydroxylation is 1. The van der Waals surface area contributed by atoms with Crippen LogP contribution in [0.2, 0.25) is 0 Å². The molecule has 1 aromatic heterocycles. The number of nitrogens with two attached hydrogens (primary N) is 1. The maximum absolute atomic E-state index is 6.26. The molecule has 0 saturated heterocycles. The molecule has 1 heterocycles. The second-order valence-corrected chi connectivity index (χ2v) is 4.55. The van der Waals surface area contributed by atoms with Gasteiger partial charge in [0.2, 0.25) is 0 Å². The Hall–Kier alpha value is -0.340. The number of hydrogen-bond donors (Lipinski definition) is 1.